The zero-order valence-electron chi connectivity index (χ0n) is 16.6. The Balaban J connectivity index is 0.00000320. The first-order chi connectivity index (χ1) is 14.1. The maximum absolute atomic E-state index is 11.3. The van der Waals surface area contributed by atoms with Gasteiger partial charge in [-0.25, -0.2) is 4.79 Å². The Morgan fingerprint density at radius 1 is 1.00 bits per heavy atom. The van der Waals surface area contributed by atoms with Crippen molar-refractivity contribution in [2.75, 3.05) is 13.1 Å². The number of aliphatic hydroxyl groups excluding tert-OH is 1. The van der Waals surface area contributed by atoms with Crippen molar-refractivity contribution in [3.05, 3.63) is 102 Å². The summed E-state index contributed by atoms with van der Waals surface area (Å²) in [7, 11) is 0. The summed E-state index contributed by atoms with van der Waals surface area (Å²) in [5.41, 5.74) is 4.96. The molecule has 4 nitrogen and oxygen atoms in total. The normalized spacial score (nSPS) is 11.4. The lowest BCUT2D eigenvalue weighted by Gasteiger charge is -2.12. The smallest absolute Gasteiger partial charge is 0.336 e. The highest BCUT2D eigenvalue weighted by atomic mass is 35.5. The number of hydrogen-bond acceptors (Lipinski definition) is 3. The second kappa shape index (κ2) is 11.3. The molecular weight excluding hydrogens is 398 g/mol. The van der Waals surface area contributed by atoms with Gasteiger partial charge in [0.2, 0.25) is 0 Å². The summed E-state index contributed by atoms with van der Waals surface area (Å²) in [4.78, 5) is 11.3. The van der Waals surface area contributed by atoms with Crippen molar-refractivity contribution in [3.8, 4) is 11.1 Å². The van der Waals surface area contributed by atoms with Crippen molar-refractivity contribution in [1.29, 1.82) is 0 Å². The maximum Gasteiger partial charge on any atom is 0.336 e. The molecule has 0 heterocycles. The van der Waals surface area contributed by atoms with Crippen LogP contribution in [-0.2, 0) is 6.42 Å². The van der Waals surface area contributed by atoms with Crippen LogP contribution in [0.2, 0.25) is 0 Å². The molecule has 0 aliphatic carbocycles. The van der Waals surface area contributed by atoms with Crippen molar-refractivity contribution >= 4 is 24.5 Å². The Hall–Kier alpha value is -2.92. The number of benzene rings is 3. The molecule has 3 aromatic carbocycles. The van der Waals surface area contributed by atoms with Gasteiger partial charge < -0.3 is 15.5 Å². The van der Waals surface area contributed by atoms with Gasteiger partial charge in [0.1, 0.15) is 0 Å². The van der Waals surface area contributed by atoms with E-state index in [2.05, 4.69) is 24.0 Å². The highest BCUT2D eigenvalue weighted by Crippen LogP contribution is 2.24. The predicted octanol–water partition coefficient (Wildman–Crippen LogP) is 4.98. The number of carboxylic acid groups (broad SMARTS) is 1. The molecule has 156 valence electrons. The summed E-state index contributed by atoms with van der Waals surface area (Å²) in [6.45, 7) is 5.00. The largest absolute Gasteiger partial charge is 0.478 e. The van der Waals surface area contributed by atoms with E-state index in [-0.39, 0.29) is 18.0 Å². The SMILES string of the molecule is C=Cc1cc(-c2ccc(CCNC[C@H](O)c3ccccc3)cc2)ccc1C(=O)O.Cl. The zero-order chi connectivity index (χ0) is 20.6. The van der Waals surface area contributed by atoms with Gasteiger partial charge in [-0.15, -0.1) is 12.4 Å². The number of aromatic carboxylic acids is 1. The molecule has 0 aliphatic heterocycles. The third-order valence-corrected chi connectivity index (χ3v) is 4.90. The van der Waals surface area contributed by atoms with E-state index in [4.69, 9.17) is 0 Å². The molecule has 5 heteroatoms. The molecule has 3 aromatic rings. The fourth-order valence-electron chi connectivity index (χ4n) is 3.23. The highest BCUT2D eigenvalue weighted by Gasteiger charge is 2.09. The summed E-state index contributed by atoms with van der Waals surface area (Å²) in [6.07, 6.45) is 1.92. The van der Waals surface area contributed by atoms with Crippen molar-refractivity contribution in [2.24, 2.45) is 0 Å². The minimum atomic E-state index is -0.952. The van der Waals surface area contributed by atoms with Gasteiger partial charge in [-0.3, -0.25) is 0 Å². The number of nitrogens with one attached hydrogen (secondary N) is 1. The van der Waals surface area contributed by atoms with Crippen LogP contribution in [0.5, 0.6) is 0 Å². The summed E-state index contributed by atoms with van der Waals surface area (Å²) >= 11 is 0. The number of halogens is 1. The first-order valence-electron chi connectivity index (χ1n) is 9.61. The van der Waals surface area contributed by atoms with Gasteiger partial charge in [-0.05, 0) is 52.9 Å². The number of aliphatic hydroxyl groups is 1. The van der Waals surface area contributed by atoms with Crippen LogP contribution < -0.4 is 5.32 Å². The Morgan fingerprint density at radius 2 is 1.67 bits per heavy atom. The molecule has 0 radical (unpaired) electrons. The van der Waals surface area contributed by atoms with Gasteiger partial charge in [-0.1, -0.05) is 73.3 Å². The van der Waals surface area contributed by atoms with Crippen molar-refractivity contribution < 1.29 is 15.0 Å². The molecule has 1 atom stereocenters. The van der Waals surface area contributed by atoms with E-state index in [1.807, 2.05) is 54.6 Å². The van der Waals surface area contributed by atoms with Crippen LogP contribution in [-0.4, -0.2) is 29.3 Å². The Morgan fingerprint density at radius 3 is 2.30 bits per heavy atom. The quantitative estimate of drug-likeness (QED) is 0.424. The molecule has 0 spiro atoms. The van der Waals surface area contributed by atoms with Crippen molar-refractivity contribution in [3.63, 3.8) is 0 Å². The van der Waals surface area contributed by atoms with Crippen LogP contribution in [0.3, 0.4) is 0 Å². The minimum Gasteiger partial charge on any atom is -0.478 e. The van der Waals surface area contributed by atoms with Crippen LogP contribution in [0, 0.1) is 0 Å². The number of hydrogen-bond donors (Lipinski definition) is 3. The number of carbonyl (C=O) groups is 1. The van der Waals surface area contributed by atoms with E-state index < -0.39 is 12.1 Å². The summed E-state index contributed by atoms with van der Waals surface area (Å²) < 4.78 is 0. The van der Waals surface area contributed by atoms with Gasteiger partial charge in [0.25, 0.3) is 0 Å². The molecule has 0 saturated carbocycles. The van der Waals surface area contributed by atoms with Crippen LogP contribution in [0.4, 0.5) is 0 Å². The number of carboxylic acids is 1. The van der Waals surface area contributed by atoms with E-state index in [1.54, 1.807) is 12.1 Å². The molecule has 3 rings (SSSR count). The topological polar surface area (TPSA) is 69.6 Å². The second-order valence-electron chi connectivity index (χ2n) is 6.89. The molecule has 0 saturated heterocycles. The Bertz CT molecular complexity index is 971. The molecular formula is C25H26ClNO3. The number of rotatable bonds is 9. The minimum absolute atomic E-state index is 0. The molecule has 0 amide bonds. The monoisotopic (exact) mass is 423 g/mol. The average Bonchev–Trinajstić information content (AvgIpc) is 2.77. The lowest BCUT2D eigenvalue weighted by atomic mass is 9.98. The molecule has 0 fully saturated rings. The van der Waals surface area contributed by atoms with Crippen LogP contribution >= 0.6 is 12.4 Å². The van der Waals surface area contributed by atoms with Gasteiger partial charge in [0.15, 0.2) is 0 Å². The lowest BCUT2D eigenvalue weighted by molar-refractivity contribution is 0.0696. The zero-order valence-corrected chi connectivity index (χ0v) is 17.4. The summed E-state index contributed by atoms with van der Waals surface area (Å²) in [6, 6.07) is 23.1. The van der Waals surface area contributed by atoms with Gasteiger partial charge >= 0.3 is 5.97 Å². The average molecular weight is 424 g/mol. The van der Waals surface area contributed by atoms with Gasteiger partial charge in [0, 0.05) is 6.54 Å². The summed E-state index contributed by atoms with van der Waals surface area (Å²) in [5.74, 6) is -0.952. The molecule has 0 aromatic heterocycles. The molecule has 30 heavy (non-hydrogen) atoms. The first-order valence-corrected chi connectivity index (χ1v) is 9.61. The third-order valence-electron chi connectivity index (χ3n) is 4.90. The summed E-state index contributed by atoms with van der Waals surface area (Å²) in [5, 5.41) is 22.7. The third kappa shape index (κ3) is 6.04. The standard InChI is InChI=1S/C25H25NO3.ClH/c1-2-19-16-22(12-13-23(19)25(28)29)20-10-8-18(9-11-20)14-15-26-17-24(27)21-6-4-3-5-7-21;/h2-13,16,24,26-27H,1,14-15,17H2,(H,28,29);1H/t24-;/m0./s1. The van der Waals surface area contributed by atoms with Crippen LogP contribution in [0.25, 0.3) is 17.2 Å². The van der Waals surface area contributed by atoms with Crippen molar-refractivity contribution in [1.82, 2.24) is 5.32 Å². The van der Waals surface area contributed by atoms with E-state index in [0.717, 1.165) is 29.7 Å². The Labute approximate surface area is 183 Å². The van der Waals surface area contributed by atoms with Crippen LogP contribution in [0.1, 0.15) is 33.2 Å². The van der Waals surface area contributed by atoms with E-state index in [1.165, 1.54) is 5.56 Å². The molecule has 0 unspecified atom stereocenters. The predicted molar refractivity (Wildman–Crippen MR) is 124 cm³/mol. The fraction of sp³-hybridized carbons (Fsp3) is 0.160. The van der Waals surface area contributed by atoms with E-state index in [9.17, 15) is 15.0 Å². The van der Waals surface area contributed by atoms with Gasteiger partial charge in [0.05, 0.1) is 11.7 Å². The fourth-order valence-corrected chi connectivity index (χ4v) is 3.23. The molecule has 0 aliphatic rings. The van der Waals surface area contributed by atoms with E-state index >= 15 is 0 Å². The lowest BCUT2D eigenvalue weighted by Crippen LogP contribution is -2.23. The van der Waals surface area contributed by atoms with Gasteiger partial charge in [-0.2, -0.15) is 0 Å². The van der Waals surface area contributed by atoms with Crippen LogP contribution in [0.15, 0.2) is 79.4 Å². The molecule has 3 N–H and O–H groups in total. The maximum atomic E-state index is 11.3. The van der Waals surface area contributed by atoms with E-state index in [0.29, 0.717) is 12.1 Å². The highest BCUT2D eigenvalue weighted by molar-refractivity contribution is 5.93. The first kappa shape index (κ1) is 23.4. The Kier molecular flexibility index (Phi) is 8.81. The molecule has 0 bridgehead atoms. The second-order valence-corrected chi connectivity index (χ2v) is 6.89. The van der Waals surface area contributed by atoms with Crippen molar-refractivity contribution in [2.45, 2.75) is 12.5 Å².